The lowest BCUT2D eigenvalue weighted by atomic mass is 10.2. The summed E-state index contributed by atoms with van der Waals surface area (Å²) >= 11 is 0. The molecule has 1 aromatic carbocycles. The molecular formula is C11H12O3. The van der Waals surface area contributed by atoms with Crippen molar-refractivity contribution in [3.05, 3.63) is 47.7 Å². The smallest absolute Gasteiger partial charge is 0.343 e. The maximum absolute atomic E-state index is 11.4. The summed E-state index contributed by atoms with van der Waals surface area (Å²) in [5.74, 6) is -0.00541. The summed E-state index contributed by atoms with van der Waals surface area (Å²) in [6, 6.07) is 8.71. The molecule has 14 heavy (non-hydrogen) atoms. The van der Waals surface area contributed by atoms with Crippen molar-refractivity contribution >= 4 is 5.97 Å². The van der Waals surface area contributed by atoms with Crippen LogP contribution in [0.25, 0.3) is 0 Å². The van der Waals surface area contributed by atoms with Gasteiger partial charge in [0.2, 0.25) is 0 Å². The second-order valence-electron chi connectivity index (χ2n) is 2.75. The number of aliphatic hydroxyl groups is 1. The molecule has 0 aliphatic heterocycles. The topological polar surface area (TPSA) is 46.5 Å². The standard InChI is InChI=1S/C11H12O3/c1-9(7-8-12)14-11(13)10-5-3-2-4-6-10/h2-7,12H,8H2,1H3/b9-7-. The first-order valence-electron chi connectivity index (χ1n) is 4.29. The summed E-state index contributed by atoms with van der Waals surface area (Å²) < 4.78 is 4.94. The average molecular weight is 192 g/mol. The van der Waals surface area contributed by atoms with Gasteiger partial charge in [0, 0.05) is 0 Å². The van der Waals surface area contributed by atoms with Crippen LogP contribution in [0.5, 0.6) is 0 Å². The first-order valence-corrected chi connectivity index (χ1v) is 4.29. The minimum Gasteiger partial charge on any atom is -0.428 e. The van der Waals surface area contributed by atoms with Gasteiger partial charge in [-0.1, -0.05) is 18.2 Å². The van der Waals surface area contributed by atoms with Gasteiger partial charge in [-0.15, -0.1) is 0 Å². The number of hydrogen-bond acceptors (Lipinski definition) is 3. The molecule has 0 heterocycles. The predicted octanol–water partition coefficient (Wildman–Crippen LogP) is 1.74. The highest BCUT2D eigenvalue weighted by Gasteiger charge is 2.05. The molecule has 0 unspecified atom stereocenters. The van der Waals surface area contributed by atoms with Gasteiger partial charge in [0.1, 0.15) is 5.76 Å². The lowest BCUT2D eigenvalue weighted by molar-refractivity contribution is 0.0624. The fourth-order valence-corrected chi connectivity index (χ4v) is 0.950. The molecule has 0 saturated heterocycles. The fourth-order valence-electron chi connectivity index (χ4n) is 0.950. The van der Waals surface area contributed by atoms with E-state index in [9.17, 15) is 4.79 Å². The van der Waals surface area contributed by atoms with Crippen LogP contribution < -0.4 is 0 Å². The third-order valence-corrected chi connectivity index (χ3v) is 1.64. The molecule has 0 spiro atoms. The molecule has 1 rings (SSSR count). The van der Waals surface area contributed by atoms with Crippen LogP contribution in [0.1, 0.15) is 17.3 Å². The van der Waals surface area contributed by atoms with E-state index in [0.29, 0.717) is 11.3 Å². The van der Waals surface area contributed by atoms with Crippen LogP contribution in [0.15, 0.2) is 42.2 Å². The second-order valence-corrected chi connectivity index (χ2v) is 2.75. The van der Waals surface area contributed by atoms with Crippen LogP contribution in [0.2, 0.25) is 0 Å². The zero-order valence-corrected chi connectivity index (χ0v) is 7.93. The molecule has 0 saturated carbocycles. The highest BCUT2D eigenvalue weighted by Crippen LogP contribution is 2.05. The molecule has 74 valence electrons. The van der Waals surface area contributed by atoms with E-state index < -0.39 is 5.97 Å². The number of carbonyl (C=O) groups is 1. The van der Waals surface area contributed by atoms with Crippen molar-refractivity contribution in [3.63, 3.8) is 0 Å². The second kappa shape index (κ2) is 5.19. The largest absolute Gasteiger partial charge is 0.428 e. The maximum Gasteiger partial charge on any atom is 0.343 e. The molecule has 0 aliphatic carbocycles. The quantitative estimate of drug-likeness (QED) is 0.586. The van der Waals surface area contributed by atoms with Crippen LogP contribution >= 0.6 is 0 Å². The maximum atomic E-state index is 11.4. The van der Waals surface area contributed by atoms with Crippen molar-refractivity contribution in [1.29, 1.82) is 0 Å². The van der Waals surface area contributed by atoms with Crippen LogP contribution in [0.4, 0.5) is 0 Å². The van der Waals surface area contributed by atoms with Crippen molar-refractivity contribution in [2.75, 3.05) is 6.61 Å². The molecule has 1 aromatic rings. The highest BCUT2D eigenvalue weighted by atomic mass is 16.5. The zero-order chi connectivity index (χ0) is 10.4. The first-order chi connectivity index (χ1) is 6.74. The Kier molecular flexibility index (Phi) is 3.88. The van der Waals surface area contributed by atoms with E-state index in [-0.39, 0.29) is 6.61 Å². The van der Waals surface area contributed by atoms with Crippen molar-refractivity contribution in [1.82, 2.24) is 0 Å². The van der Waals surface area contributed by atoms with E-state index >= 15 is 0 Å². The summed E-state index contributed by atoms with van der Waals surface area (Å²) in [4.78, 5) is 11.4. The molecular weight excluding hydrogens is 180 g/mol. The minimum atomic E-state index is -0.409. The van der Waals surface area contributed by atoms with Gasteiger partial charge >= 0.3 is 5.97 Å². The van der Waals surface area contributed by atoms with Crippen LogP contribution in [-0.2, 0) is 4.74 Å². The number of allylic oxidation sites excluding steroid dienone is 1. The summed E-state index contributed by atoms with van der Waals surface area (Å²) in [7, 11) is 0. The van der Waals surface area contributed by atoms with E-state index in [1.165, 1.54) is 6.08 Å². The van der Waals surface area contributed by atoms with Crippen molar-refractivity contribution in [2.45, 2.75) is 6.92 Å². The Morgan fingerprint density at radius 2 is 2.07 bits per heavy atom. The molecule has 0 amide bonds. The molecule has 0 aromatic heterocycles. The average Bonchev–Trinajstić information content (AvgIpc) is 2.19. The molecule has 0 fully saturated rings. The van der Waals surface area contributed by atoms with Crippen molar-refractivity contribution in [3.8, 4) is 0 Å². The number of benzene rings is 1. The third-order valence-electron chi connectivity index (χ3n) is 1.64. The fraction of sp³-hybridized carbons (Fsp3) is 0.182. The monoisotopic (exact) mass is 192 g/mol. The minimum absolute atomic E-state index is 0.131. The Morgan fingerprint density at radius 1 is 1.43 bits per heavy atom. The van der Waals surface area contributed by atoms with E-state index in [0.717, 1.165) is 0 Å². The van der Waals surface area contributed by atoms with E-state index in [1.54, 1.807) is 31.2 Å². The van der Waals surface area contributed by atoms with E-state index in [4.69, 9.17) is 9.84 Å². The van der Waals surface area contributed by atoms with Gasteiger partial charge in [-0.05, 0) is 25.1 Å². The Labute approximate surface area is 82.6 Å². The van der Waals surface area contributed by atoms with Gasteiger partial charge in [-0.25, -0.2) is 4.79 Å². The number of ether oxygens (including phenoxy) is 1. The normalized spacial score (nSPS) is 11.1. The Morgan fingerprint density at radius 3 is 2.64 bits per heavy atom. The predicted molar refractivity (Wildman–Crippen MR) is 52.7 cm³/mol. The SMILES string of the molecule is C/C(=C/CO)OC(=O)c1ccccc1. The van der Waals surface area contributed by atoms with Gasteiger partial charge in [0.05, 0.1) is 12.2 Å². The summed E-state index contributed by atoms with van der Waals surface area (Å²) in [6.45, 7) is 1.49. The van der Waals surface area contributed by atoms with Gasteiger partial charge in [-0.2, -0.15) is 0 Å². The van der Waals surface area contributed by atoms with Gasteiger partial charge in [0.15, 0.2) is 0 Å². The molecule has 0 radical (unpaired) electrons. The van der Waals surface area contributed by atoms with E-state index in [1.807, 2.05) is 6.07 Å². The lowest BCUT2D eigenvalue weighted by Crippen LogP contribution is -2.03. The number of esters is 1. The van der Waals surface area contributed by atoms with Crippen LogP contribution in [0, 0.1) is 0 Å². The number of aliphatic hydroxyl groups excluding tert-OH is 1. The summed E-state index contributed by atoms with van der Waals surface area (Å²) in [6.07, 6.45) is 1.43. The van der Waals surface area contributed by atoms with Crippen LogP contribution in [0.3, 0.4) is 0 Å². The summed E-state index contributed by atoms with van der Waals surface area (Å²) in [5.41, 5.74) is 0.498. The van der Waals surface area contributed by atoms with Gasteiger partial charge < -0.3 is 9.84 Å². The molecule has 0 aliphatic rings. The van der Waals surface area contributed by atoms with Crippen molar-refractivity contribution in [2.24, 2.45) is 0 Å². The molecule has 1 N–H and O–H groups in total. The number of carbonyl (C=O) groups excluding carboxylic acids is 1. The third kappa shape index (κ3) is 3.03. The Balaban J connectivity index is 2.64. The van der Waals surface area contributed by atoms with Gasteiger partial charge in [-0.3, -0.25) is 0 Å². The number of hydrogen-bond donors (Lipinski definition) is 1. The first kappa shape index (κ1) is 10.5. The molecule has 3 nitrogen and oxygen atoms in total. The molecule has 3 heteroatoms. The van der Waals surface area contributed by atoms with Crippen LogP contribution in [-0.4, -0.2) is 17.7 Å². The van der Waals surface area contributed by atoms with Gasteiger partial charge in [0.25, 0.3) is 0 Å². The Bertz CT molecular complexity index is 328. The van der Waals surface area contributed by atoms with Crippen molar-refractivity contribution < 1.29 is 14.6 Å². The molecule has 0 atom stereocenters. The van der Waals surface area contributed by atoms with E-state index in [2.05, 4.69) is 0 Å². The lowest BCUT2D eigenvalue weighted by Gasteiger charge is -2.03. The number of rotatable bonds is 3. The highest BCUT2D eigenvalue weighted by molar-refractivity contribution is 5.89. The molecule has 0 bridgehead atoms. The summed E-state index contributed by atoms with van der Waals surface area (Å²) in [5, 5.41) is 8.55. The Hall–Kier alpha value is -1.61. The zero-order valence-electron chi connectivity index (χ0n) is 7.93.